The molecule has 34 heavy (non-hydrogen) atoms. The van der Waals surface area contributed by atoms with E-state index in [9.17, 15) is 18.0 Å². The monoisotopic (exact) mass is 472 g/mol. The van der Waals surface area contributed by atoms with Crippen molar-refractivity contribution in [2.24, 2.45) is 7.05 Å². The quantitative estimate of drug-likeness (QED) is 0.455. The zero-order chi connectivity index (χ0) is 24.2. The van der Waals surface area contributed by atoms with E-state index in [-0.39, 0.29) is 42.6 Å². The number of nitrogens with one attached hydrogen (secondary N) is 1. The zero-order valence-corrected chi connectivity index (χ0v) is 18.9. The molecule has 1 N–H and O–H groups in total. The Bertz CT molecular complexity index is 1380. The van der Waals surface area contributed by atoms with Crippen LogP contribution in [0.5, 0.6) is 0 Å². The van der Waals surface area contributed by atoms with Gasteiger partial charge in [-0.25, -0.2) is 9.97 Å². The van der Waals surface area contributed by atoms with Gasteiger partial charge < -0.3 is 9.88 Å². The number of hydrogen-bond donors (Lipinski definition) is 1. The summed E-state index contributed by atoms with van der Waals surface area (Å²) < 4.78 is 44.5. The first-order valence-corrected chi connectivity index (χ1v) is 10.9. The number of amides is 1. The minimum atomic E-state index is -4.65. The smallest absolute Gasteiger partial charge is 0.344 e. The highest BCUT2D eigenvalue weighted by Crippen LogP contribution is 2.38. The van der Waals surface area contributed by atoms with Crippen LogP contribution < -0.4 is 0 Å². The third-order valence-corrected chi connectivity index (χ3v) is 5.92. The van der Waals surface area contributed by atoms with Crippen molar-refractivity contribution >= 4 is 17.1 Å². The highest BCUT2D eigenvalue weighted by Gasteiger charge is 2.38. The molecule has 1 aliphatic heterocycles. The van der Waals surface area contributed by atoms with E-state index in [0.29, 0.717) is 34.5 Å². The van der Waals surface area contributed by atoms with Gasteiger partial charge in [-0.15, -0.1) is 0 Å². The molecule has 0 fully saturated rings. The zero-order valence-electron chi connectivity index (χ0n) is 18.9. The third kappa shape index (κ3) is 3.82. The van der Waals surface area contributed by atoms with E-state index >= 15 is 0 Å². The standard InChI is InChI=1S/C22H23F3N8O/c1-12(2)33-11-17-15(9-31(3)29-17)16-8-27-21-19(28-16)13(7-26-21)14-10-32(6-4-5-18(33)34)30-20(14)22(23,24)25/h7-10,12H,4-6,11H2,1-3H3,(H,26,27). The Balaban J connectivity index is 1.74. The average Bonchev–Trinajstić information content (AvgIpc) is 3.46. The number of aryl methyl sites for hydroxylation is 2. The second-order valence-corrected chi connectivity index (χ2v) is 8.69. The predicted molar refractivity (Wildman–Crippen MR) is 117 cm³/mol. The largest absolute Gasteiger partial charge is 0.435 e. The van der Waals surface area contributed by atoms with Crippen LogP contribution in [0.25, 0.3) is 33.5 Å². The van der Waals surface area contributed by atoms with Crippen molar-refractivity contribution in [3.8, 4) is 22.4 Å². The Morgan fingerprint density at radius 1 is 1.12 bits per heavy atom. The summed E-state index contributed by atoms with van der Waals surface area (Å²) in [6.07, 6.45) is 2.04. The van der Waals surface area contributed by atoms with Gasteiger partial charge in [-0.3, -0.25) is 14.2 Å². The Hall–Kier alpha value is -3.70. The van der Waals surface area contributed by atoms with Crippen molar-refractivity contribution in [2.45, 2.75) is 52.0 Å². The normalized spacial score (nSPS) is 15.1. The van der Waals surface area contributed by atoms with Crippen molar-refractivity contribution in [1.82, 2.24) is 39.4 Å². The number of rotatable bonds is 1. The van der Waals surface area contributed by atoms with E-state index < -0.39 is 11.9 Å². The first-order chi connectivity index (χ1) is 16.1. The maximum absolute atomic E-state index is 13.9. The van der Waals surface area contributed by atoms with Gasteiger partial charge in [0, 0.05) is 61.3 Å². The van der Waals surface area contributed by atoms with E-state index in [1.807, 2.05) is 13.8 Å². The summed E-state index contributed by atoms with van der Waals surface area (Å²) in [4.78, 5) is 26.7. The molecular weight excluding hydrogens is 449 g/mol. The van der Waals surface area contributed by atoms with Gasteiger partial charge in [0.25, 0.3) is 0 Å². The summed E-state index contributed by atoms with van der Waals surface area (Å²) in [5.41, 5.74) is 1.65. The summed E-state index contributed by atoms with van der Waals surface area (Å²) in [5.74, 6) is -0.0991. The topological polar surface area (TPSA) is 97.5 Å². The number of aromatic amines is 1. The van der Waals surface area contributed by atoms with Crippen LogP contribution in [-0.2, 0) is 31.1 Å². The molecule has 5 rings (SSSR count). The highest BCUT2D eigenvalue weighted by molar-refractivity contribution is 5.92. The van der Waals surface area contributed by atoms with Crippen molar-refractivity contribution in [2.75, 3.05) is 0 Å². The van der Waals surface area contributed by atoms with Gasteiger partial charge in [-0.1, -0.05) is 0 Å². The van der Waals surface area contributed by atoms with E-state index in [4.69, 9.17) is 0 Å². The SMILES string of the molecule is CC(C)N1Cc2nn(C)cc2-c2cnc3[nH]cc(c3n2)-c2cn(nc2C(F)(F)F)CCCC1=O. The Labute approximate surface area is 192 Å². The average molecular weight is 472 g/mol. The molecule has 0 aliphatic carbocycles. The van der Waals surface area contributed by atoms with Crippen LogP contribution in [0.1, 0.15) is 38.1 Å². The molecule has 178 valence electrons. The van der Waals surface area contributed by atoms with E-state index in [1.54, 1.807) is 29.0 Å². The highest BCUT2D eigenvalue weighted by atomic mass is 19.4. The van der Waals surface area contributed by atoms with Crippen LogP contribution in [0.4, 0.5) is 13.2 Å². The summed E-state index contributed by atoms with van der Waals surface area (Å²) in [7, 11) is 1.77. The molecule has 0 saturated heterocycles. The maximum Gasteiger partial charge on any atom is 0.435 e. The first-order valence-electron chi connectivity index (χ1n) is 10.9. The molecule has 0 radical (unpaired) electrons. The van der Waals surface area contributed by atoms with Crippen molar-refractivity contribution in [1.29, 1.82) is 0 Å². The number of carbonyl (C=O) groups excluding carboxylic acids is 1. The lowest BCUT2D eigenvalue weighted by atomic mass is 10.1. The van der Waals surface area contributed by atoms with Crippen molar-refractivity contribution in [3.05, 3.63) is 36.2 Å². The minimum absolute atomic E-state index is 0.0818. The summed E-state index contributed by atoms with van der Waals surface area (Å²) in [6, 6.07) is -0.0870. The van der Waals surface area contributed by atoms with Crippen LogP contribution in [0.15, 0.2) is 24.8 Å². The van der Waals surface area contributed by atoms with Gasteiger partial charge >= 0.3 is 6.18 Å². The van der Waals surface area contributed by atoms with Crippen LogP contribution in [0, 0.1) is 0 Å². The number of aromatic nitrogens is 7. The Kier molecular flexibility index (Phi) is 5.18. The summed E-state index contributed by atoms with van der Waals surface area (Å²) >= 11 is 0. The minimum Gasteiger partial charge on any atom is -0.344 e. The number of alkyl halides is 3. The lowest BCUT2D eigenvalue weighted by Crippen LogP contribution is -2.36. The van der Waals surface area contributed by atoms with E-state index in [1.165, 1.54) is 17.1 Å². The first kappa shape index (κ1) is 22.1. The Morgan fingerprint density at radius 2 is 1.91 bits per heavy atom. The van der Waals surface area contributed by atoms with Gasteiger partial charge in [0.1, 0.15) is 5.52 Å². The molecule has 12 heteroatoms. The lowest BCUT2D eigenvalue weighted by molar-refractivity contribution is -0.141. The number of halogens is 3. The number of nitrogens with zero attached hydrogens (tertiary/aromatic N) is 7. The van der Waals surface area contributed by atoms with Crippen LogP contribution in [0.3, 0.4) is 0 Å². The maximum atomic E-state index is 13.9. The van der Waals surface area contributed by atoms with Crippen molar-refractivity contribution in [3.63, 3.8) is 0 Å². The fourth-order valence-corrected chi connectivity index (χ4v) is 4.29. The molecule has 1 amide bonds. The molecule has 9 nitrogen and oxygen atoms in total. The van der Waals surface area contributed by atoms with Gasteiger partial charge in [0.05, 0.1) is 24.1 Å². The van der Waals surface area contributed by atoms with Gasteiger partial charge in [-0.2, -0.15) is 23.4 Å². The number of fused-ring (bicyclic) bond motifs is 6. The number of H-pyrrole nitrogens is 1. The fraction of sp³-hybridized carbons (Fsp3) is 0.409. The summed E-state index contributed by atoms with van der Waals surface area (Å²) in [6.45, 7) is 4.30. The molecule has 0 atom stereocenters. The molecule has 0 unspecified atom stereocenters. The molecule has 4 aromatic rings. The predicted octanol–water partition coefficient (Wildman–Crippen LogP) is 3.77. The molecule has 4 aromatic heterocycles. The molecular formula is C22H23F3N8O. The van der Waals surface area contributed by atoms with Crippen LogP contribution >= 0.6 is 0 Å². The molecule has 0 aromatic carbocycles. The molecule has 0 spiro atoms. The molecule has 1 aliphatic rings. The number of hydrogen-bond acceptors (Lipinski definition) is 5. The van der Waals surface area contributed by atoms with Gasteiger partial charge in [0.15, 0.2) is 11.3 Å². The van der Waals surface area contributed by atoms with Crippen LogP contribution in [0.2, 0.25) is 0 Å². The van der Waals surface area contributed by atoms with Crippen LogP contribution in [-0.4, -0.2) is 51.4 Å². The van der Waals surface area contributed by atoms with Gasteiger partial charge in [0.2, 0.25) is 5.91 Å². The lowest BCUT2D eigenvalue weighted by Gasteiger charge is -2.26. The van der Waals surface area contributed by atoms with Gasteiger partial charge in [-0.05, 0) is 20.3 Å². The molecule has 0 saturated carbocycles. The van der Waals surface area contributed by atoms with E-state index in [0.717, 1.165) is 0 Å². The Morgan fingerprint density at radius 3 is 2.65 bits per heavy atom. The third-order valence-electron chi connectivity index (χ3n) is 5.92. The summed E-state index contributed by atoms with van der Waals surface area (Å²) in [5, 5.41) is 8.35. The second-order valence-electron chi connectivity index (χ2n) is 8.69. The number of carbonyl (C=O) groups is 1. The fourth-order valence-electron chi connectivity index (χ4n) is 4.29. The van der Waals surface area contributed by atoms with Crippen molar-refractivity contribution < 1.29 is 18.0 Å². The van der Waals surface area contributed by atoms with E-state index in [2.05, 4.69) is 25.1 Å². The molecule has 5 heterocycles. The molecule has 4 bridgehead atoms. The second kappa shape index (κ2) is 7.96.